The highest BCUT2D eigenvalue weighted by Crippen LogP contribution is 2.18. The Labute approximate surface area is 85.5 Å². The van der Waals surface area contributed by atoms with Crippen molar-refractivity contribution in [3.63, 3.8) is 0 Å². The minimum absolute atomic E-state index is 0.382. The minimum atomic E-state index is -0.494. The number of benzene rings is 1. The van der Waals surface area contributed by atoms with Gasteiger partial charge in [0.05, 0.1) is 6.61 Å². The highest BCUT2D eigenvalue weighted by Gasteiger charge is 2.10. The second-order valence-corrected chi connectivity index (χ2v) is 3.23. The molecule has 0 radical (unpaired) electrons. The Balaban J connectivity index is 2.72. The first-order chi connectivity index (χ1) is 6.79. The molecule has 1 atom stereocenters. The summed E-state index contributed by atoms with van der Waals surface area (Å²) in [7, 11) is 0. The number of aliphatic hydroxyl groups is 1. The van der Waals surface area contributed by atoms with Crippen molar-refractivity contribution in [2.45, 2.75) is 26.4 Å². The average molecular weight is 194 g/mol. The van der Waals surface area contributed by atoms with E-state index in [4.69, 9.17) is 4.74 Å². The molecule has 0 aliphatic carbocycles. The number of rotatable bonds is 5. The summed E-state index contributed by atoms with van der Waals surface area (Å²) in [5.41, 5.74) is 2.18. The van der Waals surface area contributed by atoms with E-state index in [9.17, 15) is 5.11 Å². The first kappa shape index (κ1) is 11.2. The minimum Gasteiger partial charge on any atom is -0.386 e. The fraction of sp³-hybridized carbons (Fsp3) is 0.500. The molecule has 0 heterocycles. The highest BCUT2D eigenvalue weighted by atomic mass is 16.5. The summed E-state index contributed by atoms with van der Waals surface area (Å²) in [5.74, 6) is 0. The number of hydrogen-bond acceptors (Lipinski definition) is 2. The van der Waals surface area contributed by atoms with E-state index in [0.717, 1.165) is 12.0 Å². The fourth-order valence-corrected chi connectivity index (χ4v) is 1.50. The molecule has 1 aromatic rings. The first-order valence-electron chi connectivity index (χ1n) is 5.13. The number of hydrogen-bond donors (Lipinski definition) is 1. The van der Waals surface area contributed by atoms with Crippen LogP contribution in [-0.2, 0) is 11.2 Å². The van der Waals surface area contributed by atoms with Crippen molar-refractivity contribution in [3.05, 3.63) is 35.4 Å². The molecule has 0 fully saturated rings. The molecule has 0 saturated carbocycles. The molecule has 0 aliphatic rings. The van der Waals surface area contributed by atoms with Gasteiger partial charge in [-0.3, -0.25) is 0 Å². The molecule has 0 aromatic heterocycles. The maximum Gasteiger partial charge on any atom is 0.103 e. The monoisotopic (exact) mass is 194 g/mol. The van der Waals surface area contributed by atoms with Gasteiger partial charge in [-0.1, -0.05) is 31.2 Å². The zero-order valence-electron chi connectivity index (χ0n) is 8.86. The second kappa shape index (κ2) is 5.78. The molecule has 0 saturated heterocycles. The SMILES string of the molecule is CCOCC(O)c1ccccc1CC. The smallest absolute Gasteiger partial charge is 0.103 e. The summed E-state index contributed by atoms with van der Waals surface area (Å²) in [6.45, 7) is 5.05. The summed E-state index contributed by atoms with van der Waals surface area (Å²) in [6.07, 6.45) is 0.449. The Morgan fingerprint density at radius 2 is 2.00 bits per heavy atom. The van der Waals surface area contributed by atoms with Crippen LogP contribution in [0.3, 0.4) is 0 Å². The van der Waals surface area contributed by atoms with Crippen LogP contribution in [-0.4, -0.2) is 18.3 Å². The molecule has 1 aromatic carbocycles. The second-order valence-electron chi connectivity index (χ2n) is 3.23. The van der Waals surface area contributed by atoms with E-state index in [1.54, 1.807) is 0 Å². The van der Waals surface area contributed by atoms with E-state index < -0.39 is 6.10 Å². The molecule has 1 unspecified atom stereocenters. The van der Waals surface area contributed by atoms with E-state index in [1.807, 2.05) is 31.2 Å². The predicted octanol–water partition coefficient (Wildman–Crippen LogP) is 2.32. The molecule has 2 nitrogen and oxygen atoms in total. The largest absolute Gasteiger partial charge is 0.386 e. The van der Waals surface area contributed by atoms with Crippen LogP contribution in [0.1, 0.15) is 31.1 Å². The van der Waals surface area contributed by atoms with Crippen molar-refractivity contribution >= 4 is 0 Å². The maximum atomic E-state index is 9.84. The van der Waals surface area contributed by atoms with Crippen LogP contribution in [0, 0.1) is 0 Å². The molecule has 78 valence electrons. The third-order valence-corrected chi connectivity index (χ3v) is 2.27. The molecule has 14 heavy (non-hydrogen) atoms. The molecule has 0 amide bonds. The lowest BCUT2D eigenvalue weighted by Gasteiger charge is -2.14. The highest BCUT2D eigenvalue weighted by molar-refractivity contribution is 5.28. The molecule has 0 spiro atoms. The van der Waals surface area contributed by atoms with Gasteiger partial charge in [0, 0.05) is 6.61 Å². The van der Waals surface area contributed by atoms with Gasteiger partial charge < -0.3 is 9.84 Å². The van der Waals surface area contributed by atoms with Crippen molar-refractivity contribution in [1.82, 2.24) is 0 Å². The Kier molecular flexibility index (Phi) is 4.63. The molecule has 1 N–H and O–H groups in total. The number of aryl methyl sites for hydroxylation is 1. The zero-order chi connectivity index (χ0) is 10.4. The van der Waals surface area contributed by atoms with Gasteiger partial charge in [-0.15, -0.1) is 0 Å². The summed E-state index contributed by atoms with van der Waals surface area (Å²) in [4.78, 5) is 0. The van der Waals surface area contributed by atoms with Gasteiger partial charge in [0.1, 0.15) is 6.10 Å². The Morgan fingerprint density at radius 3 is 2.64 bits per heavy atom. The number of ether oxygens (including phenoxy) is 1. The van der Waals surface area contributed by atoms with Gasteiger partial charge in [0.15, 0.2) is 0 Å². The summed E-state index contributed by atoms with van der Waals surface area (Å²) < 4.78 is 5.20. The van der Waals surface area contributed by atoms with Crippen LogP contribution < -0.4 is 0 Å². The van der Waals surface area contributed by atoms with Gasteiger partial charge in [-0.05, 0) is 24.5 Å². The van der Waals surface area contributed by atoms with Gasteiger partial charge in [-0.25, -0.2) is 0 Å². The standard InChI is InChI=1S/C12H18O2/c1-3-10-7-5-6-8-11(10)12(13)9-14-4-2/h5-8,12-13H,3-4,9H2,1-2H3. The quantitative estimate of drug-likeness (QED) is 0.779. The van der Waals surface area contributed by atoms with E-state index in [1.165, 1.54) is 5.56 Å². The Morgan fingerprint density at radius 1 is 1.29 bits per heavy atom. The Hall–Kier alpha value is -0.860. The van der Waals surface area contributed by atoms with Crippen LogP contribution in [0.5, 0.6) is 0 Å². The summed E-state index contributed by atoms with van der Waals surface area (Å²) in [6, 6.07) is 7.95. The van der Waals surface area contributed by atoms with Gasteiger partial charge in [-0.2, -0.15) is 0 Å². The normalized spacial score (nSPS) is 12.8. The van der Waals surface area contributed by atoms with Crippen molar-refractivity contribution in [2.75, 3.05) is 13.2 Å². The molecular weight excluding hydrogens is 176 g/mol. The summed E-state index contributed by atoms with van der Waals surface area (Å²) >= 11 is 0. The predicted molar refractivity (Wildman–Crippen MR) is 57.3 cm³/mol. The molecule has 0 aliphatic heterocycles. The first-order valence-corrected chi connectivity index (χ1v) is 5.13. The third-order valence-electron chi connectivity index (χ3n) is 2.27. The van der Waals surface area contributed by atoms with Crippen molar-refractivity contribution < 1.29 is 9.84 Å². The molecular formula is C12H18O2. The average Bonchev–Trinajstić information content (AvgIpc) is 2.25. The van der Waals surface area contributed by atoms with E-state index in [2.05, 4.69) is 6.92 Å². The van der Waals surface area contributed by atoms with Crippen LogP contribution in [0.4, 0.5) is 0 Å². The summed E-state index contributed by atoms with van der Waals surface area (Å²) in [5, 5.41) is 9.84. The van der Waals surface area contributed by atoms with Crippen molar-refractivity contribution in [2.24, 2.45) is 0 Å². The lowest BCUT2D eigenvalue weighted by atomic mass is 10.0. The topological polar surface area (TPSA) is 29.5 Å². The van der Waals surface area contributed by atoms with Gasteiger partial charge >= 0.3 is 0 Å². The van der Waals surface area contributed by atoms with Crippen LogP contribution >= 0.6 is 0 Å². The molecule has 2 heteroatoms. The van der Waals surface area contributed by atoms with Crippen LogP contribution in [0.15, 0.2) is 24.3 Å². The lowest BCUT2D eigenvalue weighted by Crippen LogP contribution is -2.09. The zero-order valence-corrected chi connectivity index (χ0v) is 8.86. The van der Waals surface area contributed by atoms with Gasteiger partial charge in [0.25, 0.3) is 0 Å². The Bertz CT molecular complexity index is 271. The molecule has 1 rings (SSSR count). The third kappa shape index (κ3) is 2.82. The van der Waals surface area contributed by atoms with Gasteiger partial charge in [0.2, 0.25) is 0 Å². The van der Waals surface area contributed by atoms with E-state index >= 15 is 0 Å². The van der Waals surface area contributed by atoms with Crippen LogP contribution in [0.2, 0.25) is 0 Å². The lowest BCUT2D eigenvalue weighted by molar-refractivity contribution is 0.0416. The maximum absolute atomic E-state index is 9.84. The van der Waals surface area contributed by atoms with E-state index in [-0.39, 0.29) is 0 Å². The molecule has 0 bridgehead atoms. The van der Waals surface area contributed by atoms with Crippen molar-refractivity contribution in [1.29, 1.82) is 0 Å². The van der Waals surface area contributed by atoms with Crippen molar-refractivity contribution in [3.8, 4) is 0 Å². The number of aliphatic hydroxyl groups excluding tert-OH is 1. The van der Waals surface area contributed by atoms with Crippen LogP contribution in [0.25, 0.3) is 0 Å². The van der Waals surface area contributed by atoms with E-state index in [0.29, 0.717) is 13.2 Å². The fourth-order valence-electron chi connectivity index (χ4n) is 1.50.